The van der Waals surface area contributed by atoms with Gasteiger partial charge in [0.05, 0.1) is 12.7 Å². The van der Waals surface area contributed by atoms with Crippen molar-refractivity contribution in [3.8, 4) is 28.3 Å². The molecule has 0 amide bonds. The molecule has 6 heteroatoms. The molecule has 2 N–H and O–H groups in total. The fourth-order valence-electron chi connectivity index (χ4n) is 2.84. The number of ether oxygens (including phenoxy) is 1. The fraction of sp³-hybridized carbons (Fsp3) is 0.0500. The van der Waals surface area contributed by atoms with Crippen LogP contribution in [-0.4, -0.2) is 12.1 Å². The Hall–Kier alpha value is -3.41. The molecule has 1 aromatic heterocycles. The number of nitrogens with two attached hydrogens (primary N) is 1. The van der Waals surface area contributed by atoms with Gasteiger partial charge in [-0.15, -0.1) is 0 Å². The van der Waals surface area contributed by atoms with E-state index in [1.54, 1.807) is 43.5 Å². The van der Waals surface area contributed by atoms with Gasteiger partial charge in [0.15, 0.2) is 5.58 Å². The van der Waals surface area contributed by atoms with Crippen LogP contribution in [0.25, 0.3) is 33.7 Å². The number of methoxy groups -OCH3 is 1. The molecule has 4 aromatic rings. The number of anilines is 1. The Morgan fingerprint density at radius 2 is 1.69 bits per heavy atom. The van der Waals surface area contributed by atoms with Gasteiger partial charge in [-0.1, -0.05) is 6.07 Å². The molecule has 1 heterocycles. The van der Waals surface area contributed by atoms with Crippen LogP contribution in [0.1, 0.15) is 0 Å². The molecule has 0 spiro atoms. The summed E-state index contributed by atoms with van der Waals surface area (Å²) in [6.45, 7) is 0. The summed E-state index contributed by atoms with van der Waals surface area (Å²) in [4.78, 5) is 4.47. The largest absolute Gasteiger partial charge is 0.496 e. The molecule has 0 aliphatic carbocycles. The summed E-state index contributed by atoms with van der Waals surface area (Å²) in [7, 11) is 1.55. The van der Waals surface area contributed by atoms with Gasteiger partial charge in [-0.05, 0) is 53.6 Å². The lowest BCUT2D eigenvalue weighted by molar-refractivity contribution is 0.415. The zero-order chi connectivity index (χ0) is 18.3. The lowest BCUT2D eigenvalue weighted by atomic mass is 10.1. The highest BCUT2D eigenvalue weighted by molar-refractivity contribution is 5.83. The van der Waals surface area contributed by atoms with Gasteiger partial charge in [0.1, 0.15) is 22.9 Å². The van der Waals surface area contributed by atoms with Crippen LogP contribution in [0, 0.1) is 11.6 Å². The summed E-state index contributed by atoms with van der Waals surface area (Å²) in [6, 6.07) is 13.7. The van der Waals surface area contributed by atoms with Crippen LogP contribution >= 0.6 is 0 Å². The first-order valence-electron chi connectivity index (χ1n) is 7.84. The summed E-state index contributed by atoms with van der Waals surface area (Å²) in [5, 5.41) is 0. The summed E-state index contributed by atoms with van der Waals surface area (Å²) in [6.07, 6.45) is 0. The third-order valence-corrected chi connectivity index (χ3v) is 4.04. The first-order chi connectivity index (χ1) is 12.5. The lowest BCUT2D eigenvalue weighted by Crippen LogP contribution is -1.91. The molecule has 0 unspecified atom stereocenters. The van der Waals surface area contributed by atoms with Crippen molar-refractivity contribution in [1.82, 2.24) is 4.98 Å². The first kappa shape index (κ1) is 16.1. The van der Waals surface area contributed by atoms with Crippen molar-refractivity contribution in [3.05, 3.63) is 66.2 Å². The summed E-state index contributed by atoms with van der Waals surface area (Å²) >= 11 is 0. The van der Waals surface area contributed by atoms with Crippen molar-refractivity contribution in [3.63, 3.8) is 0 Å². The second-order valence-corrected chi connectivity index (χ2v) is 5.82. The second-order valence-electron chi connectivity index (χ2n) is 5.82. The molecular formula is C20H14F2N2O2. The Bertz CT molecular complexity index is 1100. The maximum atomic E-state index is 13.5. The normalized spacial score (nSPS) is 11.0. The Morgan fingerprint density at radius 1 is 0.923 bits per heavy atom. The van der Waals surface area contributed by atoms with Crippen molar-refractivity contribution in [1.29, 1.82) is 0 Å². The monoisotopic (exact) mass is 352 g/mol. The van der Waals surface area contributed by atoms with E-state index in [0.29, 0.717) is 45.1 Å². The van der Waals surface area contributed by atoms with Crippen LogP contribution < -0.4 is 10.5 Å². The number of hydrogen-bond donors (Lipinski definition) is 1. The number of halogens is 2. The number of oxazole rings is 1. The van der Waals surface area contributed by atoms with Crippen LogP contribution in [0.2, 0.25) is 0 Å². The predicted octanol–water partition coefficient (Wildman–Crippen LogP) is 5.03. The van der Waals surface area contributed by atoms with Crippen LogP contribution in [0.4, 0.5) is 14.5 Å². The molecule has 0 saturated heterocycles. The highest BCUT2D eigenvalue weighted by Gasteiger charge is 2.14. The Kier molecular flexibility index (Phi) is 3.80. The summed E-state index contributed by atoms with van der Waals surface area (Å²) < 4.78 is 38.1. The van der Waals surface area contributed by atoms with Crippen molar-refractivity contribution >= 4 is 16.8 Å². The number of benzene rings is 3. The molecule has 0 atom stereocenters. The average molecular weight is 352 g/mol. The zero-order valence-electron chi connectivity index (χ0n) is 13.8. The van der Waals surface area contributed by atoms with Crippen molar-refractivity contribution < 1.29 is 17.9 Å². The smallest absolute Gasteiger partial charge is 0.231 e. The van der Waals surface area contributed by atoms with Gasteiger partial charge in [0.25, 0.3) is 0 Å². The summed E-state index contributed by atoms with van der Waals surface area (Å²) in [5.41, 5.74) is 9.20. The van der Waals surface area contributed by atoms with Crippen LogP contribution in [0.5, 0.6) is 5.75 Å². The van der Waals surface area contributed by atoms with Crippen LogP contribution in [0.3, 0.4) is 0 Å². The second kappa shape index (κ2) is 6.15. The molecule has 4 rings (SSSR count). The van der Waals surface area contributed by atoms with Gasteiger partial charge in [-0.25, -0.2) is 13.8 Å². The van der Waals surface area contributed by atoms with E-state index in [9.17, 15) is 8.78 Å². The SMILES string of the molecule is COc1ccc(N)cc1-c1nc2cc(-c3cc(F)cc(F)c3)ccc2o1. The first-order valence-corrected chi connectivity index (χ1v) is 7.84. The number of aromatic nitrogens is 1. The molecule has 0 aliphatic heterocycles. The minimum atomic E-state index is -0.634. The maximum Gasteiger partial charge on any atom is 0.231 e. The van der Waals surface area contributed by atoms with E-state index in [-0.39, 0.29) is 0 Å². The number of hydrogen-bond acceptors (Lipinski definition) is 4. The molecule has 3 aromatic carbocycles. The molecule has 0 saturated carbocycles. The Balaban J connectivity index is 1.83. The minimum absolute atomic E-state index is 0.353. The van der Waals surface area contributed by atoms with E-state index in [4.69, 9.17) is 14.9 Å². The van der Waals surface area contributed by atoms with Crippen molar-refractivity contribution in [2.75, 3.05) is 12.8 Å². The number of nitrogen functional groups attached to an aromatic ring is 1. The third kappa shape index (κ3) is 2.86. The number of rotatable bonds is 3. The lowest BCUT2D eigenvalue weighted by Gasteiger charge is -2.05. The third-order valence-electron chi connectivity index (χ3n) is 4.04. The van der Waals surface area contributed by atoms with E-state index >= 15 is 0 Å². The highest BCUT2D eigenvalue weighted by Crippen LogP contribution is 2.34. The predicted molar refractivity (Wildman–Crippen MR) is 95.8 cm³/mol. The molecule has 26 heavy (non-hydrogen) atoms. The van der Waals surface area contributed by atoms with Crippen molar-refractivity contribution in [2.45, 2.75) is 0 Å². The molecule has 0 aliphatic rings. The number of fused-ring (bicyclic) bond motifs is 1. The molecule has 130 valence electrons. The Labute approximate surface area is 147 Å². The van der Waals surface area contributed by atoms with E-state index in [1.165, 1.54) is 12.1 Å². The molecule has 0 bridgehead atoms. The van der Waals surface area contributed by atoms with Gasteiger partial charge in [-0.2, -0.15) is 0 Å². The summed E-state index contributed by atoms with van der Waals surface area (Å²) in [5.74, 6) is -0.333. The van der Waals surface area contributed by atoms with E-state index < -0.39 is 11.6 Å². The quantitative estimate of drug-likeness (QED) is 0.525. The molecule has 0 radical (unpaired) electrons. The zero-order valence-corrected chi connectivity index (χ0v) is 13.8. The minimum Gasteiger partial charge on any atom is -0.496 e. The van der Waals surface area contributed by atoms with E-state index in [1.807, 2.05) is 0 Å². The van der Waals surface area contributed by atoms with E-state index in [2.05, 4.69) is 4.98 Å². The highest BCUT2D eigenvalue weighted by atomic mass is 19.1. The van der Waals surface area contributed by atoms with Gasteiger partial charge >= 0.3 is 0 Å². The number of nitrogens with zero attached hydrogens (tertiary/aromatic N) is 1. The van der Waals surface area contributed by atoms with Gasteiger partial charge in [0, 0.05) is 11.8 Å². The van der Waals surface area contributed by atoms with Gasteiger partial charge in [-0.3, -0.25) is 0 Å². The van der Waals surface area contributed by atoms with Gasteiger partial charge in [0.2, 0.25) is 5.89 Å². The topological polar surface area (TPSA) is 61.3 Å². The molecule has 0 fully saturated rings. The Morgan fingerprint density at radius 3 is 2.42 bits per heavy atom. The fourth-order valence-corrected chi connectivity index (χ4v) is 2.84. The van der Waals surface area contributed by atoms with Gasteiger partial charge < -0.3 is 14.9 Å². The molecular weight excluding hydrogens is 338 g/mol. The maximum absolute atomic E-state index is 13.5. The van der Waals surface area contributed by atoms with Crippen molar-refractivity contribution in [2.24, 2.45) is 0 Å². The average Bonchev–Trinajstić information content (AvgIpc) is 3.04. The standard InChI is InChI=1S/C20H14F2N2O2/c1-25-18-5-3-15(23)10-16(18)20-24-17-8-11(2-4-19(17)26-20)12-6-13(21)9-14(22)7-12/h2-10H,23H2,1H3. The van der Waals surface area contributed by atoms with E-state index in [0.717, 1.165) is 6.07 Å². The van der Waals surface area contributed by atoms with Crippen LogP contribution in [-0.2, 0) is 0 Å². The molecule has 4 nitrogen and oxygen atoms in total. The van der Waals surface area contributed by atoms with Crippen LogP contribution in [0.15, 0.2) is 59.0 Å².